The fraction of sp³-hybridized carbons (Fsp3) is 0.214. The quantitative estimate of drug-likeness (QED) is 0.805. The van der Waals surface area contributed by atoms with E-state index in [4.69, 9.17) is 0 Å². The number of hydrogen-bond acceptors (Lipinski definition) is 4. The molecule has 0 radical (unpaired) electrons. The molecule has 0 saturated carbocycles. The van der Waals surface area contributed by atoms with Gasteiger partial charge in [-0.2, -0.15) is 5.10 Å². The first-order valence-electron chi connectivity index (χ1n) is 6.39. The number of aromatic nitrogens is 3. The molecule has 0 aliphatic rings. The number of hydrogen-bond donors (Lipinski definition) is 1. The molecule has 6 heteroatoms. The van der Waals surface area contributed by atoms with Crippen LogP contribution in [-0.2, 0) is 6.42 Å². The van der Waals surface area contributed by atoms with Crippen molar-refractivity contribution < 1.29 is 4.79 Å². The van der Waals surface area contributed by atoms with Crippen LogP contribution in [0.4, 0.5) is 5.69 Å². The van der Waals surface area contributed by atoms with E-state index in [0.717, 1.165) is 27.6 Å². The number of aryl methyl sites for hydroxylation is 2. The van der Waals surface area contributed by atoms with E-state index in [2.05, 4.69) is 22.3 Å². The van der Waals surface area contributed by atoms with Crippen LogP contribution in [0, 0.1) is 6.92 Å². The number of anilines is 1. The van der Waals surface area contributed by atoms with E-state index in [1.807, 2.05) is 31.2 Å². The van der Waals surface area contributed by atoms with Crippen molar-refractivity contribution in [1.29, 1.82) is 0 Å². The molecular weight excluding hydrogens is 272 g/mol. The van der Waals surface area contributed by atoms with Crippen molar-refractivity contribution in [2.24, 2.45) is 0 Å². The molecule has 1 amide bonds. The van der Waals surface area contributed by atoms with Gasteiger partial charge in [-0.3, -0.25) is 4.79 Å². The molecule has 20 heavy (non-hydrogen) atoms. The lowest BCUT2D eigenvalue weighted by molar-refractivity contribution is 0.102. The molecule has 2 heterocycles. The lowest BCUT2D eigenvalue weighted by Gasteiger charge is -2.07. The van der Waals surface area contributed by atoms with Crippen molar-refractivity contribution in [1.82, 2.24) is 14.6 Å². The third-order valence-electron chi connectivity index (χ3n) is 3.02. The lowest BCUT2D eigenvalue weighted by Crippen LogP contribution is -2.13. The number of nitrogens with one attached hydrogen (secondary N) is 1. The summed E-state index contributed by atoms with van der Waals surface area (Å²) in [6.07, 6.45) is 2.53. The van der Waals surface area contributed by atoms with Crippen LogP contribution < -0.4 is 5.32 Å². The van der Waals surface area contributed by atoms with Gasteiger partial charge in [0.1, 0.15) is 10.7 Å². The highest BCUT2D eigenvalue weighted by Gasteiger charge is 2.14. The highest BCUT2D eigenvalue weighted by molar-refractivity contribution is 7.16. The van der Waals surface area contributed by atoms with E-state index in [1.165, 1.54) is 11.3 Å². The number of fused-ring (bicyclic) bond motifs is 1. The van der Waals surface area contributed by atoms with E-state index in [1.54, 1.807) is 10.7 Å². The Morgan fingerprint density at radius 3 is 2.95 bits per heavy atom. The fourth-order valence-corrected chi connectivity index (χ4v) is 2.77. The second-order valence-corrected chi connectivity index (χ2v) is 5.60. The summed E-state index contributed by atoms with van der Waals surface area (Å²) in [5.41, 5.74) is 2.32. The zero-order chi connectivity index (χ0) is 14.1. The predicted octanol–water partition coefficient (Wildman–Crippen LogP) is 2.91. The molecule has 102 valence electrons. The highest BCUT2D eigenvalue weighted by atomic mass is 32.1. The molecule has 2 aromatic heterocycles. The van der Waals surface area contributed by atoms with Gasteiger partial charge in [0.2, 0.25) is 4.96 Å². The molecule has 0 bridgehead atoms. The zero-order valence-electron chi connectivity index (χ0n) is 11.3. The summed E-state index contributed by atoms with van der Waals surface area (Å²) >= 11 is 1.47. The number of para-hydroxylation sites is 1. The Morgan fingerprint density at radius 1 is 1.40 bits per heavy atom. The van der Waals surface area contributed by atoms with Crippen LogP contribution in [0.2, 0.25) is 0 Å². The molecule has 0 unspecified atom stereocenters. The van der Waals surface area contributed by atoms with Crippen LogP contribution >= 0.6 is 11.3 Å². The molecule has 1 N–H and O–H groups in total. The molecular formula is C14H14N4OS. The van der Waals surface area contributed by atoms with Crippen LogP contribution in [0.1, 0.15) is 28.0 Å². The Balaban J connectivity index is 1.86. The number of imidazole rings is 1. The first-order chi connectivity index (χ1) is 9.67. The zero-order valence-corrected chi connectivity index (χ0v) is 12.1. The smallest absolute Gasteiger partial charge is 0.275 e. The summed E-state index contributed by atoms with van der Waals surface area (Å²) in [6, 6.07) is 7.78. The monoisotopic (exact) mass is 286 g/mol. The van der Waals surface area contributed by atoms with E-state index < -0.39 is 0 Å². The summed E-state index contributed by atoms with van der Waals surface area (Å²) in [6.45, 7) is 3.97. The number of carbonyl (C=O) groups excluding carboxylic acids is 1. The van der Waals surface area contributed by atoms with Crippen molar-refractivity contribution in [3.63, 3.8) is 0 Å². The molecule has 3 aromatic rings. The van der Waals surface area contributed by atoms with Gasteiger partial charge < -0.3 is 5.32 Å². The number of carbonyl (C=O) groups is 1. The minimum absolute atomic E-state index is 0.207. The van der Waals surface area contributed by atoms with Gasteiger partial charge in [-0.15, -0.1) is 0 Å². The number of nitrogens with zero attached hydrogens (tertiary/aromatic N) is 3. The SMILES string of the molecule is CCc1ccccc1NC(=O)c1cn2nc(C)sc2n1. The number of benzene rings is 1. The average molecular weight is 286 g/mol. The first kappa shape index (κ1) is 12.8. The maximum atomic E-state index is 12.2. The Labute approximate surface area is 120 Å². The van der Waals surface area contributed by atoms with Gasteiger partial charge in [0, 0.05) is 5.69 Å². The molecule has 0 atom stereocenters. The third-order valence-corrected chi connectivity index (χ3v) is 3.86. The van der Waals surface area contributed by atoms with Crippen molar-refractivity contribution in [3.8, 4) is 0 Å². The Morgan fingerprint density at radius 2 is 2.20 bits per heavy atom. The van der Waals surface area contributed by atoms with Crippen LogP contribution in [0.3, 0.4) is 0 Å². The van der Waals surface area contributed by atoms with Gasteiger partial charge in [-0.05, 0) is 25.0 Å². The van der Waals surface area contributed by atoms with Crippen molar-refractivity contribution >= 4 is 27.9 Å². The van der Waals surface area contributed by atoms with Gasteiger partial charge in [0.05, 0.1) is 6.20 Å². The molecule has 1 aromatic carbocycles. The van der Waals surface area contributed by atoms with Crippen LogP contribution in [-0.4, -0.2) is 20.5 Å². The van der Waals surface area contributed by atoms with E-state index in [-0.39, 0.29) is 5.91 Å². The summed E-state index contributed by atoms with van der Waals surface area (Å²) in [5.74, 6) is -0.207. The van der Waals surface area contributed by atoms with Crippen molar-refractivity contribution in [3.05, 3.63) is 46.7 Å². The van der Waals surface area contributed by atoms with Gasteiger partial charge in [0.15, 0.2) is 0 Å². The maximum Gasteiger partial charge on any atom is 0.275 e. The van der Waals surface area contributed by atoms with Gasteiger partial charge in [-0.25, -0.2) is 9.50 Å². The Kier molecular flexibility index (Phi) is 3.23. The van der Waals surface area contributed by atoms with Crippen LogP contribution in [0.15, 0.2) is 30.5 Å². The Bertz CT molecular complexity index is 743. The standard InChI is InChI=1S/C14H14N4OS/c1-3-10-6-4-5-7-11(10)15-13(19)12-8-18-14(16-12)20-9(2)17-18/h4-8H,3H2,1-2H3,(H,15,19). The minimum atomic E-state index is -0.207. The van der Waals surface area contributed by atoms with Crippen molar-refractivity contribution in [2.75, 3.05) is 5.32 Å². The first-order valence-corrected chi connectivity index (χ1v) is 7.21. The van der Waals surface area contributed by atoms with Gasteiger partial charge in [-0.1, -0.05) is 36.5 Å². The van der Waals surface area contributed by atoms with E-state index in [9.17, 15) is 4.79 Å². The predicted molar refractivity (Wildman–Crippen MR) is 79.4 cm³/mol. The van der Waals surface area contributed by atoms with E-state index >= 15 is 0 Å². The lowest BCUT2D eigenvalue weighted by atomic mass is 10.1. The fourth-order valence-electron chi connectivity index (χ4n) is 2.05. The summed E-state index contributed by atoms with van der Waals surface area (Å²) in [5, 5.41) is 8.08. The summed E-state index contributed by atoms with van der Waals surface area (Å²) < 4.78 is 1.64. The second-order valence-electron chi connectivity index (χ2n) is 4.44. The van der Waals surface area contributed by atoms with Gasteiger partial charge >= 0.3 is 0 Å². The molecule has 0 saturated heterocycles. The largest absolute Gasteiger partial charge is 0.320 e. The number of rotatable bonds is 3. The maximum absolute atomic E-state index is 12.2. The molecule has 5 nitrogen and oxygen atoms in total. The Hall–Kier alpha value is -2.21. The summed E-state index contributed by atoms with van der Waals surface area (Å²) in [4.78, 5) is 17.2. The van der Waals surface area contributed by atoms with Crippen molar-refractivity contribution in [2.45, 2.75) is 20.3 Å². The van der Waals surface area contributed by atoms with E-state index in [0.29, 0.717) is 5.69 Å². The molecule has 0 spiro atoms. The molecule has 3 rings (SSSR count). The molecule has 0 fully saturated rings. The van der Waals surface area contributed by atoms with Gasteiger partial charge in [0.25, 0.3) is 5.91 Å². The molecule has 0 aliphatic heterocycles. The van der Waals surface area contributed by atoms with Crippen LogP contribution in [0.5, 0.6) is 0 Å². The van der Waals surface area contributed by atoms with Crippen LogP contribution in [0.25, 0.3) is 4.96 Å². The second kappa shape index (κ2) is 5.05. The topological polar surface area (TPSA) is 59.3 Å². The third kappa shape index (κ3) is 2.30. The molecule has 0 aliphatic carbocycles. The normalized spacial score (nSPS) is 10.9. The summed E-state index contributed by atoms with van der Waals surface area (Å²) in [7, 11) is 0. The average Bonchev–Trinajstić information content (AvgIpc) is 2.96. The highest BCUT2D eigenvalue weighted by Crippen LogP contribution is 2.18. The minimum Gasteiger partial charge on any atom is -0.320 e. The number of amides is 1.